The normalized spacial score (nSPS) is 17.6. The summed E-state index contributed by atoms with van der Waals surface area (Å²) in [5.41, 5.74) is 2.25. The van der Waals surface area contributed by atoms with Gasteiger partial charge in [-0.3, -0.25) is 9.59 Å². The molecule has 3 rings (SSSR count). The Balaban J connectivity index is 2.14. The molecule has 2 aromatic rings. The van der Waals surface area contributed by atoms with Crippen molar-refractivity contribution < 1.29 is 24.2 Å². The van der Waals surface area contributed by atoms with Gasteiger partial charge >= 0.3 is 0 Å². The van der Waals surface area contributed by atoms with Crippen LogP contribution in [0.15, 0.2) is 48.0 Å². The van der Waals surface area contributed by atoms with Gasteiger partial charge in [0, 0.05) is 23.7 Å². The van der Waals surface area contributed by atoms with E-state index in [0.717, 1.165) is 31.2 Å². The van der Waals surface area contributed by atoms with E-state index >= 15 is 0 Å². The molecule has 0 aromatic heterocycles. The van der Waals surface area contributed by atoms with E-state index in [4.69, 9.17) is 9.47 Å². The van der Waals surface area contributed by atoms with Crippen molar-refractivity contribution in [2.24, 2.45) is 0 Å². The van der Waals surface area contributed by atoms with Gasteiger partial charge in [0.05, 0.1) is 25.8 Å². The molecule has 1 aliphatic heterocycles. The number of ketones is 1. The average Bonchev–Trinajstić information content (AvgIpc) is 3.06. The van der Waals surface area contributed by atoms with Gasteiger partial charge in [-0.1, -0.05) is 56.0 Å². The standard InChI is InChI=1S/C26H31NO5/c1-5-6-7-8-15-27-23(20-14-13-19(31-3)16-21(20)32-4)22(25(29)26(27)30)24(28)18-11-9-17(2)10-12-18/h9-14,16,23,28H,5-8,15H2,1-4H3. The number of nitrogens with zero attached hydrogens (tertiary/aromatic N) is 1. The molecule has 0 aliphatic carbocycles. The minimum Gasteiger partial charge on any atom is -0.507 e. The van der Waals surface area contributed by atoms with Crippen molar-refractivity contribution in [1.82, 2.24) is 4.90 Å². The highest BCUT2D eigenvalue weighted by Crippen LogP contribution is 2.43. The Morgan fingerprint density at radius 3 is 2.34 bits per heavy atom. The molecular weight excluding hydrogens is 406 g/mol. The SMILES string of the molecule is CCCCCCN1C(=O)C(=O)C(=C(O)c2ccc(C)cc2)C1c1ccc(OC)cc1OC. The van der Waals surface area contributed by atoms with Crippen LogP contribution in [0.1, 0.15) is 55.3 Å². The maximum atomic E-state index is 13.1. The van der Waals surface area contributed by atoms with E-state index in [1.807, 2.05) is 19.1 Å². The van der Waals surface area contributed by atoms with Crippen LogP contribution in [0.5, 0.6) is 11.5 Å². The number of aliphatic hydroxyl groups excluding tert-OH is 1. The number of hydrogen-bond donors (Lipinski definition) is 1. The highest BCUT2D eigenvalue weighted by atomic mass is 16.5. The maximum absolute atomic E-state index is 13.1. The van der Waals surface area contributed by atoms with E-state index in [-0.39, 0.29) is 11.3 Å². The Labute approximate surface area is 189 Å². The Morgan fingerprint density at radius 2 is 1.72 bits per heavy atom. The molecule has 0 spiro atoms. The van der Waals surface area contributed by atoms with Gasteiger partial charge in [0.25, 0.3) is 11.7 Å². The molecule has 1 heterocycles. The van der Waals surface area contributed by atoms with Crippen LogP contribution >= 0.6 is 0 Å². The number of Topliss-reactive ketones (excluding diaryl/α,β-unsaturated/α-hetero) is 1. The third-order valence-electron chi connectivity index (χ3n) is 5.85. The first kappa shape index (κ1) is 23.4. The summed E-state index contributed by atoms with van der Waals surface area (Å²) in [5, 5.41) is 11.1. The van der Waals surface area contributed by atoms with Gasteiger partial charge < -0.3 is 19.5 Å². The molecule has 32 heavy (non-hydrogen) atoms. The van der Waals surface area contributed by atoms with Crippen LogP contribution in [-0.2, 0) is 9.59 Å². The summed E-state index contributed by atoms with van der Waals surface area (Å²) in [7, 11) is 3.09. The quantitative estimate of drug-likeness (QED) is 0.258. The van der Waals surface area contributed by atoms with Crippen LogP contribution < -0.4 is 9.47 Å². The van der Waals surface area contributed by atoms with Crippen LogP contribution in [0.25, 0.3) is 5.76 Å². The summed E-state index contributed by atoms with van der Waals surface area (Å²) in [6.07, 6.45) is 3.87. The van der Waals surface area contributed by atoms with Gasteiger partial charge in [-0.25, -0.2) is 0 Å². The lowest BCUT2D eigenvalue weighted by Crippen LogP contribution is -2.30. The van der Waals surface area contributed by atoms with Crippen molar-refractivity contribution in [2.45, 2.75) is 45.6 Å². The number of carbonyl (C=O) groups excluding carboxylic acids is 2. The number of methoxy groups -OCH3 is 2. The summed E-state index contributed by atoms with van der Waals surface area (Å²) >= 11 is 0. The first-order chi connectivity index (χ1) is 15.4. The molecule has 6 nitrogen and oxygen atoms in total. The molecule has 1 saturated heterocycles. The molecule has 2 aromatic carbocycles. The van der Waals surface area contributed by atoms with E-state index in [2.05, 4.69) is 6.92 Å². The zero-order valence-corrected chi connectivity index (χ0v) is 19.2. The fraction of sp³-hybridized carbons (Fsp3) is 0.385. The number of ether oxygens (including phenoxy) is 2. The molecule has 1 fully saturated rings. The lowest BCUT2D eigenvalue weighted by atomic mass is 9.94. The number of benzene rings is 2. The second kappa shape index (κ2) is 10.4. The minimum absolute atomic E-state index is 0.0813. The van der Waals surface area contributed by atoms with Crippen molar-refractivity contribution in [3.05, 3.63) is 64.7 Å². The number of carbonyl (C=O) groups is 2. The molecule has 6 heteroatoms. The van der Waals surface area contributed by atoms with Crippen LogP contribution in [0.4, 0.5) is 0 Å². The van der Waals surface area contributed by atoms with Gasteiger partial charge in [-0.2, -0.15) is 0 Å². The van der Waals surface area contributed by atoms with Crippen molar-refractivity contribution >= 4 is 17.4 Å². The van der Waals surface area contributed by atoms with Gasteiger partial charge in [0.1, 0.15) is 17.3 Å². The number of likely N-dealkylation sites (tertiary alicyclic amines) is 1. The van der Waals surface area contributed by atoms with Crippen LogP contribution in [0.2, 0.25) is 0 Å². The van der Waals surface area contributed by atoms with Crippen molar-refractivity contribution in [1.29, 1.82) is 0 Å². The van der Waals surface area contributed by atoms with Crippen LogP contribution in [-0.4, -0.2) is 42.5 Å². The predicted octanol–water partition coefficient (Wildman–Crippen LogP) is 5.01. The molecule has 0 bridgehead atoms. The first-order valence-electron chi connectivity index (χ1n) is 11.0. The zero-order valence-electron chi connectivity index (χ0n) is 19.2. The summed E-state index contributed by atoms with van der Waals surface area (Å²) < 4.78 is 10.9. The third-order valence-corrected chi connectivity index (χ3v) is 5.85. The van der Waals surface area contributed by atoms with E-state index in [0.29, 0.717) is 29.2 Å². The summed E-state index contributed by atoms with van der Waals surface area (Å²) in [6, 6.07) is 11.8. The fourth-order valence-electron chi connectivity index (χ4n) is 4.05. The Bertz CT molecular complexity index is 1010. The lowest BCUT2D eigenvalue weighted by Gasteiger charge is -2.27. The van der Waals surface area contributed by atoms with E-state index < -0.39 is 17.7 Å². The summed E-state index contributed by atoms with van der Waals surface area (Å²) in [6.45, 7) is 4.49. The van der Waals surface area contributed by atoms with E-state index in [9.17, 15) is 14.7 Å². The molecule has 0 radical (unpaired) electrons. The number of amides is 1. The number of aliphatic hydroxyl groups is 1. The maximum Gasteiger partial charge on any atom is 0.295 e. The molecular formula is C26H31NO5. The van der Waals surface area contributed by atoms with Crippen LogP contribution in [0, 0.1) is 6.92 Å². The van der Waals surface area contributed by atoms with Gasteiger partial charge in [0.15, 0.2) is 0 Å². The molecule has 1 unspecified atom stereocenters. The van der Waals surface area contributed by atoms with Gasteiger partial charge in [-0.15, -0.1) is 0 Å². The van der Waals surface area contributed by atoms with Gasteiger partial charge in [-0.05, 0) is 25.5 Å². The average molecular weight is 438 g/mol. The Hall–Kier alpha value is -3.28. The summed E-state index contributed by atoms with van der Waals surface area (Å²) in [4.78, 5) is 27.7. The molecule has 1 amide bonds. The smallest absolute Gasteiger partial charge is 0.295 e. The topological polar surface area (TPSA) is 76.1 Å². The van der Waals surface area contributed by atoms with Crippen molar-refractivity contribution in [3.63, 3.8) is 0 Å². The first-order valence-corrected chi connectivity index (χ1v) is 11.0. The minimum atomic E-state index is -0.737. The molecule has 1 atom stereocenters. The number of aryl methyl sites for hydroxylation is 1. The molecule has 1 aliphatic rings. The van der Waals surface area contributed by atoms with Crippen molar-refractivity contribution in [3.8, 4) is 11.5 Å². The highest BCUT2D eigenvalue weighted by Gasteiger charge is 2.46. The Kier molecular flexibility index (Phi) is 7.57. The van der Waals surface area contributed by atoms with Crippen LogP contribution in [0.3, 0.4) is 0 Å². The second-order valence-electron chi connectivity index (χ2n) is 8.03. The lowest BCUT2D eigenvalue weighted by molar-refractivity contribution is -0.139. The zero-order chi connectivity index (χ0) is 23.3. The monoisotopic (exact) mass is 437 g/mol. The highest BCUT2D eigenvalue weighted by molar-refractivity contribution is 6.46. The molecule has 0 saturated carbocycles. The third kappa shape index (κ3) is 4.64. The van der Waals surface area contributed by atoms with E-state index in [1.54, 1.807) is 42.3 Å². The fourth-order valence-corrected chi connectivity index (χ4v) is 4.05. The predicted molar refractivity (Wildman–Crippen MR) is 124 cm³/mol. The molecule has 1 N–H and O–H groups in total. The Morgan fingerprint density at radius 1 is 1.00 bits per heavy atom. The second-order valence-corrected chi connectivity index (χ2v) is 8.03. The van der Waals surface area contributed by atoms with Crippen molar-refractivity contribution in [2.75, 3.05) is 20.8 Å². The number of rotatable bonds is 9. The number of unbranched alkanes of at least 4 members (excludes halogenated alkanes) is 3. The molecule has 170 valence electrons. The number of hydrogen-bond acceptors (Lipinski definition) is 5. The van der Waals surface area contributed by atoms with E-state index in [1.165, 1.54) is 7.11 Å². The van der Waals surface area contributed by atoms with Gasteiger partial charge in [0.2, 0.25) is 0 Å². The summed E-state index contributed by atoms with van der Waals surface area (Å²) in [5.74, 6) is -0.365. The largest absolute Gasteiger partial charge is 0.507 e.